The van der Waals surface area contributed by atoms with Crippen LogP contribution in [0.1, 0.15) is 12.0 Å². The number of nitrogens with zero attached hydrogens (tertiary/aromatic N) is 4. The van der Waals surface area contributed by atoms with Crippen molar-refractivity contribution in [3.05, 3.63) is 24.0 Å². The molecule has 0 fully saturated rings. The van der Waals surface area contributed by atoms with Crippen molar-refractivity contribution in [2.24, 2.45) is 5.14 Å². The molecule has 1 aliphatic rings. The van der Waals surface area contributed by atoms with E-state index in [0.717, 1.165) is 16.2 Å². The van der Waals surface area contributed by atoms with Crippen molar-refractivity contribution in [1.82, 2.24) is 19.5 Å². The number of imidazole rings is 1. The van der Waals surface area contributed by atoms with Crippen LogP contribution in [0.15, 0.2) is 28.5 Å². The van der Waals surface area contributed by atoms with E-state index < -0.39 is 10.0 Å². The zero-order valence-corrected chi connectivity index (χ0v) is 17.3. The normalized spacial score (nSPS) is 13.7. The van der Waals surface area contributed by atoms with E-state index in [1.54, 1.807) is 0 Å². The minimum atomic E-state index is -3.56. The fourth-order valence-electron chi connectivity index (χ4n) is 3.02. The second-order valence-corrected chi connectivity index (χ2v) is 9.30. The van der Waals surface area contributed by atoms with Gasteiger partial charge in [0, 0.05) is 11.4 Å². The Hall–Kier alpha value is -2.57. The average molecular weight is 437 g/mol. The van der Waals surface area contributed by atoms with Crippen LogP contribution in [0.5, 0.6) is 11.5 Å². The summed E-state index contributed by atoms with van der Waals surface area (Å²) in [5.74, 6) is 1.52. The van der Waals surface area contributed by atoms with Crippen molar-refractivity contribution in [2.75, 3.05) is 24.7 Å². The van der Waals surface area contributed by atoms with E-state index in [1.165, 1.54) is 18.1 Å². The Labute approximate surface area is 171 Å². The first-order valence-corrected chi connectivity index (χ1v) is 11.4. The monoisotopic (exact) mass is 436 g/mol. The molecular formula is C17H20N6O4S2. The molecule has 4 N–H and O–H groups in total. The lowest BCUT2D eigenvalue weighted by Crippen LogP contribution is -2.18. The quantitative estimate of drug-likeness (QED) is 0.583. The molecule has 0 saturated carbocycles. The van der Waals surface area contributed by atoms with E-state index in [-0.39, 0.29) is 11.6 Å². The SMILES string of the molecule is Cc1cc2c(cc1Sc1nc3c(N)ncnc3n1CCCS(N)(=O)=O)OCCO2. The molecule has 0 spiro atoms. The van der Waals surface area contributed by atoms with Crippen LogP contribution in [0.2, 0.25) is 0 Å². The van der Waals surface area contributed by atoms with Crippen molar-refractivity contribution in [2.45, 2.75) is 29.9 Å². The molecule has 2 aromatic heterocycles. The van der Waals surface area contributed by atoms with E-state index in [4.69, 9.17) is 20.3 Å². The fourth-order valence-corrected chi connectivity index (χ4v) is 4.56. The number of nitrogen functional groups attached to an aromatic ring is 1. The number of rotatable bonds is 6. The van der Waals surface area contributed by atoms with Crippen molar-refractivity contribution >= 4 is 38.8 Å². The molecule has 4 rings (SSSR count). The summed E-state index contributed by atoms with van der Waals surface area (Å²) in [5.41, 5.74) is 7.98. The molecule has 0 amide bonds. The van der Waals surface area contributed by atoms with Crippen LogP contribution in [0, 0.1) is 6.92 Å². The van der Waals surface area contributed by atoms with Gasteiger partial charge in [-0.3, -0.25) is 0 Å². The summed E-state index contributed by atoms with van der Waals surface area (Å²) in [4.78, 5) is 13.8. The predicted octanol–water partition coefficient (Wildman–Crippen LogP) is 1.32. The standard InChI is InChI=1S/C17H20N6O4S2/c1-10-7-11-12(27-5-4-26-11)8-13(10)28-17-22-14-15(18)20-9-21-16(14)23(17)3-2-6-29(19,24)25/h7-9H,2-6H2,1H3,(H2,18,20,21)(H2,19,24,25). The molecule has 1 aromatic carbocycles. The van der Waals surface area contributed by atoms with Gasteiger partial charge in [-0.05, 0) is 31.0 Å². The first-order chi connectivity index (χ1) is 13.8. The molecular weight excluding hydrogens is 416 g/mol. The number of aromatic nitrogens is 4. The molecule has 0 atom stereocenters. The first kappa shape index (κ1) is 19.7. The van der Waals surface area contributed by atoms with Crippen LogP contribution in [-0.4, -0.2) is 46.9 Å². The third kappa shape index (κ3) is 4.23. The van der Waals surface area contributed by atoms with Gasteiger partial charge >= 0.3 is 0 Å². The first-order valence-electron chi connectivity index (χ1n) is 8.87. The molecule has 0 bridgehead atoms. The number of aryl methyl sites for hydroxylation is 2. The third-order valence-electron chi connectivity index (χ3n) is 4.38. The number of ether oxygens (including phenoxy) is 2. The topological polar surface area (TPSA) is 148 Å². The van der Waals surface area contributed by atoms with Gasteiger partial charge in [0.2, 0.25) is 10.0 Å². The van der Waals surface area contributed by atoms with Crippen molar-refractivity contribution < 1.29 is 17.9 Å². The van der Waals surface area contributed by atoms with Crippen LogP contribution in [-0.2, 0) is 16.6 Å². The molecule has 29 heavy (non-hydrogen) atoms. The fraction of sp³-hybridized carbons (Fsp3) is 0.353. The second-order valence-electron chi connectivity index (χ2n) is 6.56. The summed E-state index contributed by atoms with van der Waals surface area (Å²) in [7, 11) is -3.56. The summed E-state index contributed by atoms with van der Waals surface area (Å²) in [6.07, 6.45) is 1.68. The highest BCUT2D eigenvalue weighted by Gasteiger charge is 2.20. The van der Waals surface area contributed by atoms with Crippen LogP contribution >= 0.6 is 11.8 Å². The molecule has 3 aromatic rings. The zero-order valence-electron chi connectivity index (χ0n) is 15.7. The van der Waals surface area contributed by atoms with Crippen LogP contribution < -0.4 is 20.3 Å². The van der Waals surface area contributed by atoms with Crippen molar-refractivity contribution in [1.29, 1.82) is 0 Å². The Bertz CT molecular complexity index is 1180. The minimum absolute atomic E-state index is 0.138. The molecule has 3 heterocycles. The van der Waals surface area contributed by atoms with Crippen LogP contribution in [0.3, 0.4) is 0 Å². The van der Waals surface area contributed by atoms with Crippen molar-refractivity contribution in [3.63, 3.8) is 0 Å². The van der Waals surface area contributed by atoms with E-state index in [0.29, 0.717) is 48.2 Å². The maximum Gasteiger partial charge on any atom is 0.209 e. The third-order valence-corrected chi connectivity index (χ3v) is 6.39. The van der Waals surface area contributed by atoms with Gasteiger partial charge in [-0.25, -0.2) is 28.5 Å². The summed E-state index contributed by atoms with van der Waals surface area (Å²) >= 11 is 1.42. The molecule has 154 valence electrons. The summed E-state index contributed by atoms with van der Waals surface area (Å²) in [6, 6.07) is 3.84. The summed E-state index contributed by atoms with van der Waals surface area (Å²) in [6.45, 7) is 3.37. The van der Waals surface area contributed by atoms with Gasteiger partial charge in [-0.15, -0.1) is 0 Å². The van der Waals surface area contributed by atoms with Gasteiger partial charge in [0.15, 0.2) is 33.6 Å². The average Bonchev–Trinajstić information content (AvgIpc) is 3.00. The number of fused-ring (bicyclic) bond motifs is 2. The molecule has 0 saturated heterocycles. The lowest BCUT2D eigenvalue weighted by molar-refractivity contribution is 0.171. The number of sulfonamides is 1. The highest BCUT2D eigenvalue weighted by atomic mass is 32.2. The van der Waals surface area contributed by atoms with Gasteiger partial charge in [-0.2, -0.15) is 0 Å². The Morgan fingerprint density at radius 1 is 1.21 bits per heavy atom. The summed E-state index contributed by atoms with van der Waals surface area (Å²) < 4.78 is 35.8. The predicted molar refractivity (Wildman–Crippen MR) is 109 cm³/mol. The second kappa shape index (κ2) is 7.69. The number of benzene rings is 1. The van der Waals surface area contributed by atoms with E-state index in [9.17, 15) is 8.42 Å². The highest BCUT2D eigenvalue weighted by molar-refractivity contribution is 7.99. The molecule has 1 aliphatic heterocycles. The number of anilines is 1. The van der Waals surface area contributed by atoms with Gasteiger partial charge < -0.3 is 19.8 Å². The smallest absolute Gasteiger partial charge is 0.209 e. The highest BCUT2D eigenvalue weighted by Crippen LogP contribution is 2.40. The Kier molecular flexibility index (Phi) is 5.23. The maximum absolute atomic E-state index is 11.3. The number of primary sulfonamides is 1. The largest absolute Gasteiger partial charge is 0.486 e. The Morgan fingerprint density at radius 3 is 2.66 bits per heavy atom. The maximum atomic E-state index is 11.3. The lowest BCUT2D eigenvalue weighted by Gasteiger charge is -2.20. The van der Waals surface area contributed by atoms with E-state index in [1.807, 2.05) is 23.6 Å². The van der Waals surface area contributed by atoms with Crippen LogP contribution in [0.4, 0.5) is 5.82 Å². The molecule has 0 aliphatic carbocycles. The molecule has 0 unspecified atom stereocenters. The van der Waals surface area contributed by atoms with Gasteiger partial charge in [-0.1, -0.05) is 11.8 Å². The van der Waals surface area contributed by atoms with Gasteiger partial charge in [0.05, 0.1) is 5.75 Å². The summed E-state index contributed by atoms with van der Waals surface area (Å²) in [5, 5.41) is 5.76. The Balaban J connectivity index is 1.71. The van der Waals surface area contributed by atoms with E-state index in [2.05, 4.69) is 15.0 Å². The van der Waals surface area contributed by atoms with Gasteiger partial charge in [0.25, 0.3) is 0 Å². The lowest BCUT2D eigenvalue weighted by atomic mass is 10.2. The molecule has 0 radical (unpaired) electrons. The number of hydrogen-bond donors (Lipinski definition) is 2. The van der Waals surface area contributed by atoms with Crippen molar-refractivity contribution in [3.8, 4) is 11.5 Å². The number of hydrogen-bond acceptors (Lipinski definition) is 9. The Morgan fingerprint density at radius 2 is 1.93 bits per heavy atom. The van der Waals surface area contributed by atoms with Gasteiger partial charge in [0.1, 0.15) is 19.5 Å². The van der Waals surface area contributed by atoms with Crippen LogP contribution in [0.25, 0.3) is 11.2 Å². The molecule has 12 heteroatoms. The molecule has 10 nitrogen and oxygen atoms in total. The number of nitrogens with two attached hydrogens (primary N) is 2. The zero-order chi connectivity index (χ0) is 20.6. The van der Waals surface area contributed by atoms with E-state index >= 15 is 0 Å². The minimum Gasteiger partial charge on any atom is -0.486 e.